The zero-order valence-electron chi connectivity index (χ0n) is 12.8. The number of benzene rings is 1. The van der Waals surface area contributed by atoms with Crippen LogP contribution in [0.1, 0.15) is 32.1 Å². The zero-order valence-corrected chi connectivity index (χ0v) is 12.8. The molecular weight excluding hydrogens is 276 g/mol. The van der Waals surface area contributed by atoms with Crippen molar-refractivity contribution in [3.63, 3.8) is 0 Å². The second-order valence-electron chi connectivity index (χ2n) is 6.28. The van der Waals surface area contributed by atoms with E-state index in [4.69, 9.17) is 4.74 Å². The molecule has 5 nitrogen and oxygen atoms in total. The Kier molecular flexibility index (Phi) is 3.81. The van der Waals surface area contributed by atoms with E-state index in [1.54, 1.807) is 10.9 Å². The quantitative estimate of drug-likeness (QED) is 0.870. The first-order valence-corrected chi connectivity index (χ1v) is 8.26. The third kappa shape index (κ3) is 2.86. The molecule has 4 rings (SSSR count). The predicted molar refractivity (Wildman–Crippen MR) is 84.2 cm³/mol. The van der Waals surface area contributed by atoms with Crippen molar-refractivity contribution in [1.82, 2.24) is 19.9 Å². The lowest BCUT2D eigenvalue weighted by Crippen LogP contribution is -2.46. The van der Waals surface area contributed by atoms with Crippen molar-refractivity contribution in [2.45, 2.75) is 44.2 Å². The fourth-order valence-electron chi connectivity index (χ4n) is 3.33. The van der Waals surface area contributed by atoms with Crippen LogP contribution in [-0.2, 0) is 0 Å². The summed E-state index contributed by atoms with van der Waals surface area (Å²) in [6.07, 6.45) is 10.4. The van der Waals surface area contributed by atoms with Crippen molar-refractivity contribution in [3.8, 4) is 11.4 Å². The molecule has 0 spiro atoms. The van der Waals surface area contributed by atoms with Crippen LogP contribution in [0, 0.1) is 0 Å². The van der Waals surface area contributed by atoms with Crippen LogP contribution in [0.4, 0.5) is 0 Å². The lowest BCUT2D eigenvalue weighted by Gasteiger charge is -2.41. The Morgan fingerprint density at radius 3 is 2.36 bits per heavy atom. The normalized spacial score (nSPS) is 20.7. The molecule has 2 aromatic rings. The molecule has 2 aliphatic rings. The minimum atomic E-state index is 0.355. The second kappa shape index (κ2) is 6.08. The van der Waals surface area contributed by atoms with E-state index in [2.05, 4.69) is 15.2 Å². The third-order valence-electron chi connectivity index (χ3n) is 4.89. The molecule has 1 aliphatic carbocycles. The number of hydrogen-bond acceptors (Lipinski definition) is 4. The molecular formula is C17H22N4O. The Bertz CT molecular complexity index is 584. The van der Waals surface area contributed by atoms with Crippen molar-refractivity contribution in [2.75, 3.05) is 13.1 Å². The molecule has 0 bridgehead atoms. The van der Waals surface area contributed by atoms with Crippen LogP contribution in [0.15, 0.2) is 36.7 Å². The molecule has 1 aliphatic heterocycles. The van der Waals surface area contributed by atoms with Crippen LogP contribution in [0.25, 0.3) is 5.69 Å². The average Bonchev–Trinajstić information content (AvgIpc) is 3.03. The van der Waals surface area contributed by atoms with Crippen LogP contribution >= 0.6 is 0 Å². The van der Waals surface area contributed by atoms with E-state index in [0.29, 0.717) is 6.10 Å². The number of ether oxygens (including phenoxy) is 1. The van der Waals surface area contributed by atoms with Gasteiger partial charge in [-0.05, 0) is 49.9 Å². The number of likely N-dealkylation sites (tertiary alicyclic amines) is 1. The molecule has 0 amide bonds. The van der Waals surface area contributed by atoms with E-state index in [1.807, 2.05) is 30.5 Å². The number of rotatable bonds is 4. The summed E-state index contributed by atoms with van der Waals surface area (Å²) in [4.78, 5) is 2.65. The molecule has 2 heterocycles. The van der Waals surface area contributed by atoms with Crippen LogP contribution in [-0.4, -0.2) is 45.1 Å². The summed E-state index contributed by atoms with van der Waals surface area (Å²) in [6, 6.07) is 8.95. The Morgan fingerprint density at radius 2 is 1.77 bits per heavy atom. The Hall–Kier alpha value is -1.88. The van der Waals surface area contributed by atoms with Gasteiger partial charge < -0.3 is 9.64 Å². The summed E-state index contributed by atoms with van der Waals surface area (Å²) in [5, 5.41) is 7.82. The minimum absolute atomic E-state index is 0.355. The van der Waals surface area contributed by atoms with Gasteiger partial charge in [-0.25, -0.2) is 4.68 Å². The van der Waals surface area contributed by atoms with E-state index in [-0.39, 0.29) is 0 Å². The smallest absolute Gasteiger partial charge is 0.119 e. The minimum Gasteiger partial charge on any atom is -0.490 e. The summed E-state index contributed by atoms with van der Waals surface area (Å²) < 4.78 is 7.89. The van der Waals surface area contributed by atoms with Crippen molar-refractivity contribution < 1.29 is 4.74 Å². The predicted octanol–water partition coefficient (Wildman–Crippen LogP) is 2.66. The molecule has 22 heavy (non-hydrogen) atoms. The van der Waals surface area contributed by atoms with Crippen molar-refractivity contribution in [1.29, 1.82) is 0 Å². The lowest BCUT2D eigenvalue weighted by molar-refractivity contribution is 0.0493. The fraction of sp³-hybridized carbons (Fsp3) is 0.529. The van der Waals surface area contributed by atoms with Gasteiger partial charge in [-0.3, -0.25) is 0 Å². The second-order valence-corrected chi connectivity index (χ2v) is 6.28. The maximum atomic E-state index is 6.14. The summed E-state index contributed by atoms with van der Waals surface area (Å²) in [6.45, 7) is 2.37. The van der Waals surface area contributed by atoms with Gasteiger partial charge in [0.2, 0.25) is 0 Å². The highest BCUT2D eigenvalue weighted by Gasteiger charge is 2.29. The highest BCUT2D eigenvalue weighted by molar-refractivity contribution is 5.36. The zero-order chi connectivity index (χ0) is 14.8. The number of nitrogens with zero attached hydrogens (tertiary/aromatic N) is 4. The van der Waals surface area contributed by atoms with Gasteiger partial charge in [0.1, 0.15) is 11.9 Å². The summed E-state index contributed by atoms with van der Waals surface area (Å²) in [5.74, 6) is 0.950. The van der Waals surface area contributed by atoms with Gasteiger partial charge in [-0.1, -0.05) is 11.6 Å². The summed E-state index contributed by atoms with van der Waals surface area (Å²) in [5.41, 5.74) is 1.00. The van der Waals surface area contributed by atoms with Gasteiger partial charge in [0.05, 0.1) is 18.1 Å². The summed E-state index contributed by atoms with van der Waals surface area (Å²) >= 11 is 0. The number of piperidine rings is 1. The third-order valence-corrected chi connectivity index (χ3v) is 4.89. The first kappa shape index (κ1) is 13.8. The lowest BCUT2D eigenvalue weighted by atomic mass is 9.90. The fourth-order valence-corrected chi connectivity index (χ4v) is 3.33. The standard InChI is InChI=1S/C17H22N4O/c1-2-14(3-1)20-11-8-17(9-12-20)22-16-6-4-15(5-7-16)21-13-10-18-19-21/h4-7,10,13-14,17H,1-3,8-9,11-12H2. The average molecular weight is 298 g/mol. The first-order valence-electron chi connectivity index (χ1n) is 8.26. The molecule has 1 aromatic carbocycles. The highest BCUT2D eigenvalue weighted by Crippen LogP contribution is 2.28. The van der Waals surface area contributed by atoms with Crippen molar-refractivity contribution in [2.24, 2.45) is 0 Å². The Balaban J connectivity index is 1.32. The van der Waals surface area contributed by atoms with E-state index < -0.39 is 0 Å². The first-order chi connectivity index (χ1) is 10.9. The van der Waals surface area contributed by atoms with Crippen LogP contribution < -0.4 is 4.74 Å². The van der Waals surface area contributed by atoms with Gasteiger partial charge in [0.15, 0.2) is 0 Å². The molecule has 0 N–H and O–H groups in total. The maximum Gasteiger partial charge on any atom is 0.119 e. The van der Waals surface area contributed by atoms with Gasteiger partial charge in [-0.2, -0.15) is 0 Å². The topological polar surface area (TPSA) is 43.2 Å². The monoisotopic (exact) mass is 298 g/mol. The molecule has 2 fully saturated rings. The molecule has 0 unspecified atom stereocenters. The van der Waals surface area contributed by atoms with Crippen LogP contribution in [0.3, 0.4) is 0 Å². The molecule has 1 aromatic heterocycles. The van der Waals surface area contributed by atoms with Gasteiger partial charge in [-0.15, -0.1) is 5.10 Å². The van der Waals surface area contributed by atoms with Crippen LogP contribution in [0.2, 0.25) is 0 Å². The van der Waals surface area contributed by atoms with Crippen molar-refractivity contribution >= 4 is 0 Å². The number of aromatic nitrogens is 3. The molecule has 1 saturated carbocycles. The van der Waals surface area contributed by atoms with Crippen molar-refractivity contribution in [3.05, 3.63) is 36.7 Å². The van der Waals surface area contributed by atoms with E-state index in [0.717, 1.165) is 30.3 Å². The van der Waals surface area contributed by atoms with Gasteiger partial charge in [0, 0.05) is 19.1 Å². The molecule has 116 valence electrons. The SMILES string of the molecule is c1cn(-c2ccc(OC3CCN(C4CCC4)CC3)cc2)nn1. The van der Waals surface area contributed by atoms with E-state index in [1.165, 1.54) is 32.4 Å². The number of hydrogen-bond donors (Lipinski definition) is 0. The largest absolute Gasteiger partial charge is 0.490 e. The Morgan fingerprint density at radius 1 is 1.00 bits per heavy atom. The maximum absolute atomic E-state index is 6.14. The highest BCUT2D eigenvalue weighted by atomic mass is 16.5. The van der Waals surface area contributed by atoms with E-state index >= 15 is 0 Å². The molecule has 5 heteroatoms. The van der Waals surface area contributed by atoms with Gasteiger partial charge >= 0.3 is 0 Å². The van der Waals surface area contributed by atoms with Crippen LogP contribution in [0.5, 0.6) is 5.75 Å². The molecule has 0 radical (unpaired) electrons. The molecule has 0 atom stereocenters. The van der Waals surface area contributed by atoms with Gasteiger partial charge in [0.25, 0.3) is 0 Å². The molecule has 1 saturated heterocycles. The van der Waals surface area contributed by atoms with E-state index in [9.17, 15) is 0 Å². The Labute approximate surface area is 130 Å². The summed E-state index contributed by atoms with van der Waals surface area (Å²) in [7, 11) is 0.